The molecule has 162 valence electrons. The molecule has 0 aliphatic carbocycles. The van der Waals surface area contributed by atoms with E-state index in [9.17, 15) is 14.4 Å². The molecule has 7 nitrogen and oxygen atoms in total. The molecule has 0 heterocycles. The van der Waals surface area contributed by atoms with E-state index in [1.807, 2.05) is 16.7 Å². The first-order valence-electron chi connectivity index (χ1n) is 10.3. The molecule has 1 rings (SSSR count). The summed E-state index contributed by atoms with van der Waals surface area (Å²) in [5.41, 5.74) is 1.32. The highest BCUT2D eigenvalue weighted by Gasteiger charge is 2.20. The van der Waals surface area contributed by atoms with Gasteiger partial charge >= 0.3 is 0 Å². The van der Waals surface area contributed by atoms with Gasteiger partial charge in [-0.05, 0) is 42.6 Å². The lowest BCUT2D eigenvalue weighted by Crippen LogP contribution is -2.45. The van der Waals surface area contributed by atoms with Gasteiger partial charge in [-0.3, -0.25) is 19.3 Å². The van der Waals surface area contributed by atoms with Crippen molar-refractivity contribution in [3.63, 3.8) is 0 Å². The molecule has 0 aromatic heterocycles. The van der Waals surface area contributed by atoms with Crippen molar-refractivity contribution in [3.8, 4) is 0 Å². The van der Waals surface area contributed by atoms with Gasteiger partial charge in [-0.2, -0.15) is 0 Å². The van der Waals surface area contributed by atoms with E-state index in [4.69, 9.17) is 0 Å². The zero-order chi connectivity index (χ0) is 22.0. The smallest absolute Gasteiger partial charge is 0.238 e. The van der Waals surface area contributed by atoms with Crippen molar-refractivity contribution in [1.82, 2.24) is 9.80 Å². The second-order valence-electron chi connectivity index (χ2n) is 8.20. The fraction of sp³-hybridized carbons (Fsp3) is 0.591. The van der Waals surface area contributed by atoms with Crippen molar-refractivity contribution in [3.05, 3.63) is 24.3 Å². The van der Waals surface area contributed by atoms with Gasteiger partial charge in [-0.1, -0.05) is 34.6 Å². The predicted octanol–water partition coefficient (Wildman–Crippen LogP) is 3.05. The average molecular weight is 405 g/mol. The van der Waals surface area contributed by atoms with Crippen LogP contribution in [-0.2, 0) is 14.4 Å². The Morgan fingerprint density at radius 3 is 1.76 bits per heavy atom. The maximum Gasteiger partial charge on any atom is 0.238 e. The summed E-state index contributed by atoms with van der Waals surface area (Å²) in [6, 6.07) is 6.93. The molecule has 1 aromatic rings. The van der Waals surface area contributed by atoms with E-state index in [1.54, 1.807) is 24.3 Å². The van der Waals surface area contributed by atoms with Crippen LogP contribution < -0.4 is 10.6 Å². The molecule has 0 aliphatic rings. The molecule has 0 fully saturated rings. The van der Waals surface area contributed by atoms with Crippen LogP contribution in [0.4, 0.5) is 11.4 Å². The minimum atomic E-state index is -0.175. The summed E-state index contributed by atoms with van der Waals surface area (Å²) >= 11 is 0. The molecule has 0 spiro atoms. The van der Waals surface area contributed by atoms with Crippen molar-refractivity contribution in [2.75, 3.05) is 43.4 Å². The lowest BCUT2D eigenvalue weighted by atomic mass is 10.1. The summed E-state index contributed by atoms with van der Waals surface area (Å²) in [4.78, 5) is 40.0. The van der Waals surface area contributed by atoms with E-state index in [-0.39, 0.29) is 30.8 Å². The second-order valence-corrected chi connectivity index (χ2v) is 8.20. The summed E-state index contributed by atoms with van der Waals surface area (Å²) in [6.07, 6.45) is 0. The molecule has 0 radical (unpaired) electrons. The third kappa shape index (κ3) is 10.1. The maximum atomic E-state index is 12.8. The third-order valence-electron chi connectivity index (χ3n) is 4.19. The van der Waals surface area contributed by atoms with E-state index in [2.05, 4.69) is 38.3 Å². The lowest BCUT2D eigenvalue weighted by molar-refractivity contribution is -0.133. The van der Waals surface area contributed by atoms with E-state index < -0.39 is 0 Å². The minimum absolute atomic E-state index is 0.0571. The molecule has 29 heavy (non-hydrogen) atoms. The number of hydrogen-bond acceptors (Lipinski definition) is 4. The molecular weight excluding hydrogens is 368 g/mol. The van der Waals surface area contributed by atoms with E-state index in [0.717, 1.165) is 13.1 Å². The summed E-state index contributed by atoms with van der Waals surface area (Å²) in [7, 11) is 0. The number of carbonyl (C=O) groups excluding carboxylic acids is 3. The monoisotopic (exact) mass is 404 g/mol. The van der Waals surface area contributed by atoms with Crippen LogP contribution in [0.1, 0.15) is 41.5 Å². The number of benzene rings is 1. The number of carbonyl (C=O) groups is 3. The first-order chi connectivity index (χ1) is 13.6. The van der Waals surface area contributed by atoms with E-state index in [1.165, 1.54) is 6.92 Å². The van der Waals surface area contributed by atoms with E-state index in [0.29, 0.717) is 29.8 Å². The average Bonchev–Trinajstić information content (AvgIpc) is 2.60. The fourth-order valence-corrected chi connectivity index (χ4v) is 2.97. The van der Waals surface area contributed by atoms with Gasteiger partial charge in [0.05, 0.1) is 13.1 Å². The molecule has 7 heteroatoms. The zero-order valence-electron chi connectivity index (χ0n) is 18.6. The van der Waals surface area contributed by atoms with Crippen molar-refractivity contribution in [2.24, 2.45) is 11.8 Å². The van der Waals surface area contributed by atoms with Crippen molar-refractivity contribution < 1.29 is 14.4 Å². The number of nitrogens with zero attached hydrogens (tertiary/aromatic N) is 2. The van der Waals surface area contributed by atoms with E-state index >= 15 is 0 Å². The lowest BCUT2D eigenvalue weighted by Gasteiger charge is -2.29. The Hall–Kier alpha value is -2.41. The highest BCUT2D eigenvalue weighted by molar-refractivity contribution is 5.93. The second kappa shape index (κ2) is 12.2. The van der Waals surface area contributed by atoms with Gasteiger partial charge < -0.3 is 15.5 Å². The topological polar surface area (TPSA) is 81.8 Å². The Labute approximate surface area is 174 Å². The van der Waals surface area contributed by atoms with Gasteiger partial charge in [-0.15, -0.1) is 0 Å². The minimum Gasteiger partial charge on any atom is -0.341 e. The van der Waals surface area contributed by atoms with Crippen LogP contribution in [0.25, 0.3) is 0 Å². The Bertz CT molecular complexity index is 661. The van der Waals surface area contributed by atoms with Gasteiger partial charge in [0, 0.05) is 31.4 Å². The molecule has 0 bridgehead atoms. The zero-order valence-corrected chi connectivity index (χ0v) is 18.6. The number of rotatable bonds is 11. The molecule has 0 unspecified atom stereocenters. The third-order valence-corrected chi connectivity index (χ3v) is 4.19. The molecule has 0 saturated heterocycles. The predicted molar refractivity (Wildman–Crippen MR) is 118 cm³/mol. The molecule has 0 aliphatic heterocycles. The first kappa shape index (κ1) is 24.6. The first-order valence-corrected chi connectivity index (χ1v) is 10.3. The molecular formula is C22H36N4O3. The van der Waals surface area contributed by atoms with Gasteiger partial charge in [0.25, 0.3) is 0 Å². The molecule has 3 amide bonds. The molecule has 0 saturated carbocycles. The van der Waals surface area contributed by atoms with Crippen LogP contribution in [0, 0.1) is 11.8 Å². The van der Waals surface area contributed by atoms with Crippen molar-refractivity contribution in [1.29, 1.82) is 0 Å². The molecule has 0 atom stereocenters. The number of anilines is 2. The highest BCUT2D eigenvalue weighted by Crippen LogP contribution is 2.13. The van der Waals surface area contributed by atoms with Crippen LogP contribution >= 0.6 is 0 Å². The quantitative estimate of drug-likeness (QED) is 0.594. The van der Waals surface area contributed by atoms with Crippen molar-refractivity contribution >= 4 is 29.1 Å². The van der Waals surface area contributed by atoms with Crippen LogP contribution in [0.2, 0.25) is 0 Å². The highest BCUT2D eigenvalue weighted by atomic mass is 16.2. The molecule has 1 aromatic carbocycles. The Morgan fingerprint density at radius 2 is 1.34 bits per heavy atom. The maximum absolute atomic E-state index is 12.8. The standard InChI is InChI=1S/C22H36N4O3/c1-7-25(15-22(29)26(12-16(2)3)13-17(4)5)14-21(28)24-20-10-8-19(9-11-20)23-18(6)27/h8-11,16-17H,7,12-15H2,1-6H3,(H,23,27)(H,24,28). The largest absolute Gasteiger partial charge is 0.341 e. The number of amides is 3. The van der Waals surface area contributed by atoms with Crippen LogP contribution in [0.15, 0.2) is 24.3 Å². The summed E-state index contributed by atoms with van der Waals surface area (Å²) in [6.45, 7) is 14.2. The van der Waals surface area contributed by atoms with Crippen LogP contribution in [0.5, 0.6) is 0 Å². The number of likely N-dealkylation sites (N-methyl/N-ethyl adjacent to an activating group) is 1. The van der Waals surface area contributed by atoms with Crippen LogP contribution in [-0.4, -0.2) is 60.2 Å². The normalized spacial score (nSPS) is 11.1. The van der Waals surface area contributed by atoms with Gasteiger partial charge in [-0.25, -0.2) is 0 Å². The summed E-state index contributed by atoms with van der Waals surface area (Å²) in [5.74, 6) is 0.537. The van der Waals surface area contributed by atoms with Gasteiger partial charge in [0.1, 0.15) is 0 Å². The summed E-state index contributed by atoms with van der Waals surface area (Å²) in [5, 5.41) is 5.52. The Balaban J connectivity index is 2.63. The Kier molecular flexibility index (Phi) is 10.4. The fourth-order valence-electron chi connectivity index (χ4n) is 2.97. The SMILES string of the molecule is CCN(CC(=O)Nc1ccc(NC(C)=O)cc1)CC(=O)N(CC(C)C)CC(C)C. The number of nitrogens with one attached hydrogen (secondary N) is 2. The Morgan fingerprint density at radius 1 is 0.862 bits per heavy atom. The van der Waals surface area contributed by atoms with Crippen LogP contribution in [0.3, 0.4) is 0 Å². The van der Waals surface area contributed by atoms with Crippen molar-refractivity contribution in [2.45, 2.75) is 41.5 Å². The summed E-state index contributed by atoms with van der Waals surface area (Å²) < 4.78 is 0. The van der Waals surface area contributed by atoms with Gasteiger partial charge in [0.2, 0.25) is 17.7 Å². The molecule has 2 N–H and O–H groups in total. The van der Waals surface area contributed by atoms with Gasteiger partial charge in [0.15, 0.2) is 0 Å². The number of hydrogen-bond donors (Lipinski definition) is 2.